The number of carbonyl (C=O) groups excluding carboxylic acids is 5. The number of carbonyl (C=O) groups is 6. The molecule has 1 aliphatic rings. The van der Waals surface area contributed by atoms with Gasteiger partial charge in [0.1, 0.15) is 24.2 Å². The minimum atomic E-state index is -1.15. The summed E-state index contributed by atoms with van der Waals surface area (Å²) < 4.78 is 0. The van der Waals surface area contributed by atoms with Gasteiger partial charge in [0, 0.05) is 37.2 Å². The van der Waals surface area contributed by atoms with Gasteiger partial charge in [-0.15, -0.1) is 0 Å². The largest absolute Gasteiger partial charge is 0.481 e. The van der Waals surface area contributed by atoms with Crippen molar-refractivity contribution in [2.24, 2.45) is 0 Å². The van der Waals surface area contributed by atoms with Crippen LogP contribution < -0.4 is 21.3 Å². The summed E-state index contributed by atoms with van der Waals surface area (Å²) in [6.07, 6.45) is 0.276. The van der Waals surface area contributed by atoms with E-state index in [1.807, 2.05) is 18.2 Å². The van der Waals surface area contributed by atoms with Crippen molar-refractivity contribution in [3.63, 3.8) is 0 Å². The molecule has 0 saturated carbocycles. The Labute approximate surface area is 258 Å². The van der Waals surface area contributed by atoms with Gasteiger partial charge < -0.3 is 26.0 Å². The number of non-ortho nitro benzene ring substituents is 1. The van der Waals surface area contributed by atoms with E-state index in [0.29, 0.717) is 18.5 Å². The van der Waals surface area contributed by atoms with Crippen LogP contribution in [0.25, 0.3) is 0 Å². The second kappa shape index (κ2) is 15.9. The lowest BCUT2D eigenvalue weighted by Crippen LogP contribution is -2.56. The van der Waals surface area contributed by atoms with Gasteiger partial charge in [-0.1, -0.05) is 30.3 Å². The van der Waals surface area contributed by atoms with E-state index in [9.17, 15) is 38.9 Å². The highest BCUT2D eigenvalue weighted by molar-refractivity contribution is 6.03. The van der Waals surface area contributed by atoms with Crippen molar-refractivity contribution in [1.29, 1.82) is 0 Å². The molecule has 240 valence electrons. The number of rotatable bonds is 14. The number of aliphatic carboxylic acids is 1. The highest BCUT2D eigenvalue weighted by atomic mass is 16.6. The van der Waals surface area contributed by atoms with E-state index in [4.69, 9.17) is 5.11 Å². The summed E-state index contributed by atoms with van der Waals surface area (Å²) in [5.41, 5.74) is 1.11. The Kier molecular flexibility index (Phi) is 12.1. The van der Waals surface area contributed by atoms with Gasteiger partial charge in [-0.3, -0.25) is 44.2 Å². The summed E-state index contributed by atoms with van der Waals surface area (Å²) in [7, 11) is 0. The van der Waals surface area contributed by atoms with Gasteiger partial charge in [-0.05, 0) is 44.4 Å². The zero-order valence-electron chi connectivity index (χ0n) is 24.9. The fraction of sp³-hybridized carbons (Fsp3) is 0.400. The normalized spacial score (nSPS) is 16.0. The fourth-order valence-electron chi connectivity index (χ4n) is 4.78. The molecule has 3 rings (SSSR count). The lowest BCUT2D eigenvalue weighted by atomic mass is 10.0. The third kappa shape index (κ3) is 10.1. The van der Waals surface area contributed by atoms with E-state index in [0.717, 1.165) is 5.56 Å². The van der Waals surface area contributed by atoms with Crippen LogP contribution in [-0.4, -0.2) is 81.1 Å². The number of nitrogens with zero attached hydrogens (tertiary/aromatic N) is 2. The highest BCUT2D eigenvalue weighted by Crippen LogP contribution is 2.20. The third-order valence-electron chi connectivity index (χ3n) is 7.17. The summed E-state index contributed by atoms with van der Waals surface area (Å²) in [4.78, 5) is 86.7. The summed E-state index contributed by atoms with van der Waals surface area (Å²) in [5, 5.41) is 30.0. The predicted molar refractivity (Wildman–Crippen MR) is 161 cm³/mol. The summed E-state index contributed by atoms with van der Waals surface area (Å²) in [6.45, 7) is 3.04. The van der Waals surface area contributed by atoms with E-state index in [1.54, 1.807) is 12.1 Å². The molecule has 0 spiro atoms. The van der Waals surface area contributed by atoms with Crippen LogP contribution in [0.15, 0.2) is 54.6 Å². The smallest absolute Gasteiger partial charge is 0.303 e. The number of nitro benzene ring substituents is 1. The number of nitro groups is 1. The van der Waals surface area contributed by atoms with Crippen LogP contribution in [0.5, 0.6) is 0 Å². The van der Waals surface area contributed by atoms with Crippen molar-refractivity contribution in [3.8, 4) is 0 Å². The standard InChI is InChI=1S/C30H36N6O9/c1-18(31-25(37)14-15-26(38)39)27(40)32-19(2)30(43)35-16-6-9-24(35)29(42)34-28(41)23(17-20-7-4-3-5-8-20)33-21-10-12-22(13-11-21)36(44)45/h3-5,7-8,10-13,18-19,23-24,33H,6,9,14-17H2,1-2H3,(H,31,37)(H,32,40)(H,38,39)(H,34,41,42)/t18-,19-,23-,24-/m0/s1. The molecule has 2 aromatic rings. The number of carboxylic acids is 1. The first-order chi connectivity index (χ1) is 21.3. The summed E-state index contributed by atoms with van der Waals surface area (Å²) >= 11 is 0. The molecule has 1 aliphatic heterocycles. The number of hydrogen-bond donors (Lipinski definition) is 5. The third-order valence-corrected chi connectivity index (χ3v) is 7.17. The molecular formula is C30H36N6O9. The topological polar surface area (TPSA) is 217 Å². The number of imide groups is 1. The van der Waals surface area contributed by atoms with E-state index in [2.05, 4.69) is 21.3 Å². The van der Waals surface area contributed by atoms with E-state index in [-0.39, 0.29) is 25.1 Å². The average molecular weight is 625 g/mol. The van der Waals surface area contributed by atoms with Gasteiger partial charge in [-0.25, -0.2) is 0 Å². The van der Waals surface area contributed by atoms with Crippen LogP contribution in [0.3, 0.4) is 0 Å². The zero-order valence-corrected chi connectivity index (χ0v) is 24.9. The first kappa shape index (κ1) is 34.2. The molecule has 0 radical (unpaired) electrons. The highest BCUT2D eigenvalue weighted by Gasteiger charge is 2.38. The zero-order chi connectivity index (χ0) is 33.1. The Morgan fingerprint density at radius 1 is 0.933 bits per heavy atom. The van der Waals surface area contributed by atoms with Crippen LogP contribution in [0.4, 0.5) is 11.4 Å². The number of likely N-dealkylation sites (tertiary alicyclic amines) is 1. The van der Waals surface area contributed by atoms with Gasteiger partial charge in [-0.2, -0.15) is 0 Å². The number of benzene rings is 2. The van der Waals surface area contributed by atoms with Gasteiger partial charge in [0.2, 0.25) is 29.5 Å². The monoisotopic (exact) mass is 624 g/mol. The second-order valence-electron chi connectivity index (χ2n) is 10.6. The van der Waals surface area contributed by atoms with Crippen molar-refractivity contribution in [2.45, 2.75) is 70.1 Å². The number of carboxylic acid groups (broad SMARTS) is 1. The Hall–Kier alpha value is -5.34. The van der Waals surface area contributed by atoms with Crippen LogP contribution in [0.1, 0.15) is 45.1 Å². The molecular weight excluding hydrogens is 588 g/mol. The minimum Gasteiger partial charge on any atom is -0.481 e. The maximum atomic E-state index is 13.4. The molecule has 0 aliphatic carbocycles. The molecule has 5 N–H and O–H groups in total. The van der Waals surface area contributed by atoms with E-state index in [1.165, 1.54) is 43.0 Å². The number of hydrogen-bond acceptors (Lipinski definition) is 9. The molecule has 15 heteroatoms. The molecule has 45 heavy (non-hydrogen) atoms. The Balaban J connectivity index is 1.63. The van der Waals surface area contributed by atoms with Gasteiger partial charge in [0.25, 0.3) is 5.69 Å². The number of nitrogens with one attached hydrogen (secondary N) is 4. The lowest BCUT2D eigenvalue weighted by Gasteiger charge is -2.28. The Bertz CT molecular complexity index is 1420. The first-order valence-corrected chi connectivity index (χ1v) is 14.4. The molecule has 1 fully saturated rings. The van der Waals surface area contributed by atoms with Gasteiger partial charge >= 0.3 is 5.97 Å². The van der Waals surface area contributed by atoms with Gasteiger partial charge in [0.05, 0.1) is 11.3 Å². The second-order valence-corrected chi connectivity index (χ2v) is 10.6. The molecule has 0 bridgehead atoms. The van der Waals surface area contributed by atoms with Crippen molar-refractivity contribution < 1.29 is 38.8 Å². The summed E-state index contributed by atoms with van der Waals surface area (Å²) in [6, 6.07) is 10.6. The quantitative estimate of drug-likeness (QED) is 0.149. The fourth-order valence-corrected chi connectivity index (χ4v) is 4.78. The molecule has 4 atom stereocenters. The maximum Gasteiger partial charge on any atom is 0.303 e. The Morgan fingerprint density at radius 2 is 1.60 bits per heavy atom. The molecule has 2 aromatic carbocycles. The Morgan fingerprint density at radius 3 is 2.22 bits per heavy atom. The van der Waals surface area contributed by atoms with Crippen LogP contribution in [0, 0.1) is 10.1 Å². The van der Waals surface area contributed by atoms with E-state index >= 15 is 0 Å². The van der Waals surface area contributed by atoms with Gasteiger partial charge in [0.15, 0.2) is 0 Å². The number of anilines is 1. The van der Waals surface area contributed by atoms with Crippen LogP contribution in [0.2, 0.25) is 0 Å². The van der Waals surface area contributed by atoms with Crippen LogP contribution >= 0.6 is 0 Å². The van der Waals surface area contributed by atoms with Crippen molar-refractivity contribution in [3.05, 3.63) is 70.3 Å². The molecule has 0 aromatic heterocycles. The predicted octanol–water partition coefficient (Wildman–Crippen LogP) is 1.13. The molecule has 0 unspecified atom stereocenters. The molecule has 1 heterocycles. The minimum absolute atomic E-state index is 0.119. The SMILES string of the molecule is C[C@H](NC(=O)CCC(=O)O)C(=O)N[C@@H](C)C(=O)N1CCC[C@H]1C(=O)NC(=O)[C@H](Cc1ccccc1)Nc1ccc([N+](=O)[O-])cc1. The molecule has 1 saturated heterocycles. The molecule has 5 amide bonds. The maximum absolute atomic E-state index is 13.4. The van der Waals surface area contributed by atoms with Crippen molar-refractivity contribution in [1.82, 2.24) is 20.9 Å². The summed E-state index contributed by atoms with van der Waals surface area (Å²) in [5.74, 6) is -4.35. The van der Waals surface area contributed by atoms with Crippen molar-refractivity contribution in [2.75, 3.05) is 11.9 Å². The number of amides is 5. The average Bonchev–Trinajstić information content (AvgIpc) is 3.50. The van der Waals surface area contributed by atoms with Crippen LogP contribution in [-0.2, 0) is 35.2 Å². The van der Waals surface area contributed by atoms with Crippen molar-refractivity contribution >= 4 is 46.9 Å². The molecule has 15 nitrogen and oxygen atoms in total. The van der Waals surface area contributed by atoms with E-state index < -0.39 is 71.0 Å². The lowest BCUT2D eigenvalue weighted by molar-refractivity contribution is -0.384. The first-order valence-electron chi connectivity index (χ1n) is 14.4.